The number of phenolic OH excluding ortho intramolecular Hbond substituents is 1. The highest BCUT2D eigenvalue weighted by molar-refractivity contribution is 6.24. The van der Waals surface area contributed by atoms with Crippen LogP contribution in [0.2, 0.25) is 0 Å². The molecule has 0 bridgehead atoms. The second-order valence-corrected chi connectivity index (χ2v) is 11.6. The predicted molar refractivity (Wildman–Crippen MR) is 153 cm³/mol. The molecule has 1 saturated carbocycles. The summed E-state index contributed by atoms with van der Waals surface area (Å²) in [5.74, 6) is -6.64. The summed E-state index contributed by atoms with van der Waals surface area (Å²) in [6, 6.07) is 8.38. The first kappa shape index (κ1) is 28.4. The number of amides is 1. The monoisotopic (exact) mass is 561 g/mol. The molecule has 0 heterocycles. The quantitative estimate of drug-likeness (QED) is 0.344. The first-order valence-electron chi connectivity index (χ1n) is 13.6. The van der Waals surface area contributed by atoms with Crippen molar-refractivity contribution in [2.75, 3.05) is 33.1 Å². The van der Waals surface area contributed by atoms with Crippen LogP contribution in [0.4, 0.5) is 5.69 Å². The SMILES string of the molecule is CCc1ccc(-c2cc(N(C)C)c3c(c2O)C(O)=C2C(=O)C4(O)C(O)=C(C(N)=O)C(=O)C(N(C)C)C4CC2C3)cc1. The van der Waals surface area contributed by atoms with Gasteiger partial charge in [0.05, 0.1) is 11.6 Å². The molecular formula is C31H35N3O7. The standard InChI is InChI=1S/C31H35N3O7/c1-6-14-7-9-15(10-8-14)17-13-20(33(2)3)18-11-16-12-19-24(34(4)5)27(37)23(30(32)40)29(39)31(19,41)28(38)21(16)26(36)22(18)25(17)35/h7-10,13,16,19,24,35-36,39,41H,6,11-12H2,1-5H3,(H2,32,40). The smallest absolute Gasteiger partial charge is 0.255 e. The fraction of sp³-hybridized carbons (Fsp3) is 0.387. The number of aryl methyl sites for hydroxylation is 1. The number of aliphatic hydroxyl groups excluding tert-OH is 2. The van der Waals surface area contributed by atoms with Crippen LogP contribution in [0, 0.1) is 11.8 Å². The van der Waals surface area contributed by atoms with Gasteiger partial charge < -0.3 is 31.1 Å². The second kappa shape index (κ2) is 9.74. The van der Waals surface area contributed by atoms with Crippen molar-refractivity contribution in [3.63, 3.8) is 0 Å². The molecule has 10 heteroatoms. The van der Waals surface area contributed by atoms with Gasteiger partial charge in [-0.3, -0.25) is 19.3 Å². The summed E-state index contributed by atoms with van der Waals surface area (Å²) in [6.07, 6.45) is 1.11. The number of ketones is 2. The van der Waals surface area contributed by atoms with Gasteiger partial charge >= 0.3 is 0 Å². The molecule has 41 heavy (non-hydrogen) atoms. The minimum atomic E-state index is -2.67. The first-order valence-corrected chi connectivity index (χ1v) is 13.6. The molecule has 1 amide bonds. The third kappa shape index (κ3) is 3.96. The fourth-order valence-electron chi connectivity index (χ4n) is 6.83. The average molecular weight is 562 g/mol. The minimum absolute atomic E-state index is 0.0413. The molecule has 10 nitrogen and oxygen atoms in total. The molecule has 3 aliphatic rings. The van der Waals surface area contributed by atoms with Gasteiger partial charge in [0.2, 0.25) is 5.78 Å². The van der Waals surface area contributed by atoms with Gasteiger partial charge in [-0.05, 0) is 62.0 Å². The van der Waals surface area contributed by atoms with Crippen LogP contribution in [0.3, 0.4) is 0 Å². The van der Waals surface area contributed by atoms with Crippen molar-refractivity contribution < 1.29 is 34.8 Å². The summed E-state index contributed by atoms with van der Waals surface area (Å²) in [6.45, 7) is 2.04. The van der Waals surface area contributed by atoms with E-state index in [4.69, 9.17) is 5.73 Å². The van der Waals surface area contributed by atoms with E-state index in [0.29, 0.717) is 16.7 Å². The van der Waals surface area contributed by atoms with Crippen molar-refractivity contribution in [1.29, 1.82) is 0 Å². The van der Waals surface area contributed by atoms with Gasteiger partial charge in [-0.25, -0.2) is 0 Å². The van der Waals surface area contributed by atoms with Gasteiger partial charge in [-0.15, -0.1) is 0 Å². The summed E-state index contributed by atoms with van der Waals surface area (Å²) in [4.78, 5) is 42.9. The Morgan fingerprint density at radius 3 is 2.24 bits per heavy atom. The minimum Gasteiger partial charge on any atom is -0.508 e. The van der Waals surface area contributed by atoms with E-state index < -0.39 is 58.0 Å². The maximum atomic E-state index is 14.1. The zero-order valence-corrected chi connectivity index (χ0v) is 23.7. The van der Waals surface area contributed by atoms with Gasteiger partial charge in [-0.1, -0.05) is 31.2 Å². The highest BCUT2D eigenvalue weighted by Gasteiger charge is 2.64. The molecular weight excluding hydrogens is 526 g/mol. The lowest BCUT2D eigenvalue weighted by Crippen LogP contribution is -2.65. The number of anilines is 1. The van der Waals surface area contributed by atoms with Crippen molar-refractivity contribution in [3.8, 4) is 16.9 Å². The average Bonchev–Trinajstić information content (AvgIpc) is 2.90. The third-order valence-corrected chi connectivity index (χ3v) is 8.85. The van der Waals surface area contributed by atoms with Crippen molar-refractivity contribution in [3.05, 3.63) is 63.9 Å². The zero-order chi connectivity index (χ0) is 30.1. The fourth-order valence-corrected chi connectivity index (χ4v) is 6.83. The molecule has 3 aliphatic carbocycles. The number of rotatable bonds is 5. The Morgan fingerprint density at radius 1 is 1.07 bits per heavy atom. The molecule has 5 rings (SSSR count). The summed E-state index contributed by atoms with van der Waals surface area (Å²) in [7, 11) is 6.83. The highest BCUT2D eigenvalue weighted by atomic mass is 16.3. The highest BCUT2D eigenvalue weighted by Crippen LogP contribution is 2.54. The van der Waals surface area contributed by atoms with E-state index in [0.717, 1.165) is 17.7 Å². The first-order chi connectivity index (χ1) is 19.2. The van der Waals surface area contributed by atoms with Gasteiger partial charge in [0.1, 0.15) is 22.8 Å². The van der Waals surface area contributed by atoms with Crippen LogP contribution in [0.25, 0.3) is 16.9 Å². The van der Waals surface area contributed by atoms with Crippen molar-refractivity contribution >= 4 is 28.9 Å². The van der Waals surface area contributed by atoms with Crippen LogP contribution in [0.1, 0.15) is 30.0 Å². The van der Waals surface area contributed by atoms with Crippen LogP contribution >= 0.6 is 0 Å². The molecule has 0 spiro atoms. The summed E-state index contributed by atoms with van der Waals surface area (Å²) < 4.78 is 0. The van der Waals surface area contributed by atoms with Crippen molar-refractivity contribution in [2.45, 2.75) is 37.8 Å². The number of nitrogens with zero attached hydrogens (tertiary/aromatic N) is 2. The third-order valence-electron chi connectivity index (χ3n) is 8.85. The van der Waals surface area contributed by atoms with Gasteiger partial charge in [0.25, 0.3) is 5.91 Å². The van der Waals surface area contributed by atoms with Crippen molar-refractivity contribution in [1.82, 2.24) is 4.90 Å². The number of hydrogen-bond acceptors (Lipinski definition) is 9. The molecule has 4 atom stereocenters. The largest absolute Gasteiger partial charge is 0.508 e. The summed E-state index contributed by atoms with van der Waals surface area (Å²) in [5, 5.41) is 46.0. The zero-order valence-electron chi connectivity index (χ0n) is 23.7. The number of likely N-dealkylation sites (N-methyl/N-ethyl adjacent to an activating group) is 1. The summed E-state index contributed by atoms with van der Waals surface area (Å²) in [5.41, 5.74) is 5.43. The Hall–Kier alpha value is -4.15. The number of carbonyl (C=O) groups excluding carboxylic acids is 3. The van der Waals surface area contributed by atoms with Gasteiger partial charge in [0.15, 0.2) is 11.4 Å². The van der Waals surface area contributed by atoms with E-state index in [2.05, 4.69) is 0 Å². The van der Waals surface area contributed by atoms with Crippen LogP contribution in [0.5, 0.6) is 5.75 Å². The van der Waals surface area contributed by atoms with Crippen LogP contribution < -0.4 is 10.6 Å². The Labute approximate surface area is 238 Å². The summed E-state index contributed by atoms with van der Waals surface area (Å²) >= 11 is 0. The topological polar surface area (TPSA) is 165 Å². The molecule has 2 aromatic rings. The van der Waals surface area contributed by atoms with Crippen LogP contribution in [0.15, 0.2) is 47.2 Å². The molecule has 6 N–H and O–H groups in total. The van der Waals surface area contributed by atoms with E-state index in [1.165, 1.54) is 4.90 Å². The molecule has 2 aromatic carbocycles. The van der Waals surface area contributed by atoms with Gasteiger partial charge in [0, 0.05) is 36.8 Å². The Kier molecular flexibility index (Phi) is 6.74. The number of nitrogens with two attached hydrogens (primary N) is 1. The number of primary amides is 1. The maximum Gasteiger partial charge on any atom is 0.255 e. The number of hydrogen-bond donors (Lipinski definition) is 5. The van der Waals surface area contributed by atoms with Crippen LogP contribution in [-0.4, -0.2) is 82.6 Å². The lowest BCUT2D eigenvalue weighted by Gasteiger charge is -2.50. The van der Waals surface area contributed by atoms with Crippen molar-refractivity contribution in [2.24, 2.45) is 17.6 Å². The molecule has 1 fully saturated rings. The lowest BCUT2D eigenvalue weighted by atomic mass is 9.57. The van der Waals surface area contributed by atoms with E-state index in [-0.39, 0.29) is 29.7 Å². The van der Waals surface area contributed by atoms with E-state index in [1.807, 2.05) is 56.3 Å². The normalized spacial score (nSPS) is 25.7. The van der Waals surface area contributed by atoms with E-state index in [9.17, 15) is 34.8 Å². The van der Waals surface area contributed by atoms with Gasteiger partial charge in [-0.2, -0.15) is 0 Å². The maximum absolute atomic E-state index is 14.1. The molecule has 4 unspecified atom stereocenters. The number of aliphatic hydroxyl groups is 3. The number of benzene rings is 2. The molecule has 0 aliphatic heterocycles. The molecule has 0 aromatic heterocycles. The second-order valence-electron chi connectivity index (χ2n) is 11.6. The number of Topliss-reactive ketones (excluding diaryl/α,β-unsaturated/α-hetero) is 2. The van der Waals surface area contributed by atoms with E-state index in [1.54, 1.807) is 14.1 Å². The van der Waals surface area contributed by atoms with Crippen LogP contribution in [-0.2, 0) is 27.2 Å². The predicted octanol–water partition coefficient (Wildman–Crippen LogP) is 2.26. The van der Waals surface area contributed by atoms with E-state index >= 15 is 0 Å². The molecule has 0 saturated heterocycles. The Balaban J connectivity index is 1.76. The Morgan fingerprint density at radius 2 is 1.71 bits per heavy atom. The number of carbonyl (C=O) groups is 3. The number of aromatic hydroxyl groups is 1. The lowest BCUT2D eigenvalue weighted by molar-refractivity contribution is -0.153. The molecule has 0 radical (unpaired) electrons. The molecule has 216 valence electrons. The Bertz CT molecular complexity index is 1550. The number of phenols is 1. The number of fused-ring (bicyclic) bond motifs is 3.